The van der Waals surface area contributed by atoms with E-state index in [-0.39, 0.29) is 17.9 Å². The SMILES string of the molecule is CC1(C)C(=O)N(C2C3CC4CC(C3)CC2C4)N1C(=O)c1cc(Cl)cc(Cl)c1. The molecule has 1 aromatic carbocycles. The van der Waals surface area contributed by atoms with Crippen molar-refractivity contribution >= 4 is 35.0 Å². The fraction of sp³-hybridized carbons (Fsp3) is 0.619. The van der Waals surface area contributed by atoms with Gasteiger partial charge in [-0.2, -0.15) is 0 Å². The zero-order valence-electron chi connectivity index (χ0n) is 15.6. The Labute approximate surface area is 169 Å². The molecular formula is C21H24Cl2N2O2. The third-order valence-corrected chi connectivity index (χ3v) is 7.67. The number of hydrogen-bond donors (Lipinski definition) is 0. The molecule has 0 unspecified atom stereocenters. The quantitative estimate of drug-likeness (QED) is 0.707. The zero-order chi connectivity index (χ0) is 19.1. The zero-order valence-corrected chi connectivity index (χ0v) is 17.1. The van der Waals surface area contributed by atoms with E-state index in [4.69, 9.17) is 23.2 Å². The molecule has 4 aliphatic carbocycles. The molecule has 4 bridgehead atoms. The lowest BCUT2D eigenvalue weighted by atomic mass is 9.53. The van der Waals surface area contributed by atoms with E-state index in [1.165, 1.54) is 32.1 Å². The van der Waals surface area contributed by atoms with Crippen LogP contribution in [0.15, 0.2) is 18.2 Å². The summed E-state index contributed by atoms with van der Waals surface area (Å²) in [5.74, 6) is 2.56. The van der Waals surface area contributed by atoms with Crippen molar-refractivity contribution in [3.8, 4) is 0 Å². The van der Waals surface area contributed by atoms with Crippen LogP contribution in [0.4, 0.5) is 0 Å². The summed E-state index contributed by atoms with van der Waals surface area (Å²) in [5, 5.41) is 4.32. The predicted molar refractivity (Wildman–Crippen MR) is 104 cm³/mol. The third-order valence-electron chi connectivity index (χ3n) is 7.24. The van der Waals surface area contributed by atoms with Crippen LogP contribution in [-0.2, 0) is 4.79 Å². The molecule has 5 fully saturated rings. The van der Waals surface area contributed by atoms with Crippen LogP contribution in [0.2, 0.25) is 10.0 Å². The molecule has 1 saturated heterocycles. The molecule has 4 nitrogen and oxygen atoms in total. The number of hydrazine groups is 1. The van der Waals surface area contributed by atoms with E-state index in [2.05, 4.69) is 0 Å². The van der Waals surface area contributed by atoms with E-state index in [1.807, 2.05) is 13.8 Å². The van der Waals surface area contributed by atoms with Crippen LogP contribution < -0.4 is 0 Å². The van der Waals surface area contributed by atoms with Gasteiger partial charge in [0, 0.05) is 15.6 Å². The lowest BCUT2D eigenvalue weighted by Gasteiger charge is -2.65. The minimum Gasteiger partial charge on any atom is -0.270 e. The smallest absolute Gasteiger partial charge is 0.270 e. The predicted octanol–water partition coefficient (Wildman–Crippen LogP) is 4.80. The highest BCUT2D eigenvalue weighted by Crippen LogP contribution is 2.57. The Morgan fingerprint density at radius 3 is 2.00 bits per heavy atom. The minimum absolute atomic E-state index is 0.0569. The monoisotopic (exact) mass is 406 g/mol. The summed E-state index contributed by atoms with van der Waals surface area (Å²) < 4.78 is 0. The standard InChI is InChI=1S/C21H24Cl2N2O2/c1-21(2)20(27)24(18-13-4-11-3-12(6-13)7-14(18)5-11)25(21)19(26)15-8-16(22)10-17(23)9-15/h8-14,18H,3-7H2,1-2H3. The van der Waals surface area contributed by atoms with Crippen molar-refractivity contribution in [2.45, 2.75) is 57.5 Å². The summed E-state index contributed by atoms with van der Waals surface area (Å²) in [6.07, 6.45) is 6.17. The van der Waals surface area contributed by atoms with E-state index in [0.717, 1.165) is 11.8 Å². The largest absolute Gasteiger partial charge is 0.273 e. The van der Waals surface area contributed by atoms with Crippen molar-refractivity contribution in [2.75, 3.05) is 0 Å². The summed E-state index contributed by atoms with van der Waals surface area (Å²) in [6, 6.07) is 5.03. The number of hydrogen-bond acceptors (Lipinski definition) is 2. The van der Waals surface area contributed by atoms with Gasteiger partial charge >= 0.3 is 0 Å². The summed E-state index contributed by atoms with van der Waals surface area (Å²) in [6.45, 7) is 3.65. The molecule has 144 valence electrons. The van der Waals surface area contributed by atoms with Crippen LogP contribution in [0.1, 0.15) is 56.3 Å². The van der Waals surface area contributed by atoms with Crippen molar-refractivity contribution in [3.05, 3.63) is 33.8 Å². The molecule has 0 aromatic heterocycles. The maximum atomic E-state index is 13.4. The first-order chi connectivity index (χ1) is 12.8. The molecule has 1 heterocycles. The highest BCUT2D eigenvalue weighted by molar-refractivity contribution is 6.35. The van der Waals surface area contributed by atoms with Gasteiger partial charge < -0.3 is 0 Å². The van der Waals surface area contributed by atoms with Crippen LogP contribution in [-0.4, -0.2) is 33.4 Å². The molecular weight excluding hydrogens is 383 g/mol. The number of amides is 2. The third kappa shape index (κ3) is 2.56. The Morgan fingerprint density at radius 1 is 0.963 bits per heavy atom. The summed E-state index contributed by atoms with van der Waals surface area (Å²) in [5.41, 5.74) is -0.400. The molecule has 0 N–H and O–H groups in total. The first-order valence-electron chi connectivity index (χ1n) is 9.90. The van der Waals surface area contributed by atoms with Crippen LogP contribution in [0, 0.1) is 23.7 Å². The van der Waals surface area contributed by atoms with E-state index in [9.17, 15) is 9.59 Å². The summed E-state index contributed by atoms with van der Waals surface area (Å²) >= 11 is 12.2. The second-order valence-electron chi connectivity index (χ2n) is 9.41. The van der Waals surface area contributed by atoms with Gasteiger partial charge in [0.1, 0.15) is 5.54 Å². The fourth-order valence-electron chi connectivity index (χ4n) is 6.40. The highest BCUT2D eigenvalue weighted by Gasteiger charge is 2.62. The number of carbonyl (C=O) groups excluding carboxylic acids is 2. The average molecular weight is 407 g/mol. The van der Waals surface area contributed by atoms with Gasteiger partial charge in [-0.05, 0) is 87.8 Å². The Hall–Kier alpha value is -1.26. The van der Waals surface area contributed by atoms with Crippen molar-refractivity contribution in [2.24, 2.45) is 23.7 Å². The normalized spacial score (nSPS) is 36.1. The van der Waals surface area contributed by atoms with Gasteiger partial charge in [-0.3, -0.25) is 9.59 Å². The van der Waals surface area contributed by atoms with Gasteiger partial charge in [0.2, 0.25) is 0 Å². The average Bonchev–Trinajstić information content (AvgIpc) is 2.58. The Kier molecular flexibility index (Phi) is 3.87. The number of nitrogens with zero attached hydrogens (tertiary/aromatic N) is 2. The van der Waals surface area contributed by atoms with Gasteiger partial charge in [-0.15, -0.1) is 0 Å². The van der Waals surface area contributed by atoms with E-state index in [0.29, 0.717) is 27.4 Å². The lowest BCUT2D eigenvalue weighted by Crippen LogP contribution is -2.80. The Balaban J connectivity index is 1.49. The second kappa shape index (κ2) is 5.87. The fourth-order valence-corrected chi connectivity index (χ4v) is 6.93. The second-order valence-corrected chi connectivity index (χ2v) is 10.3. The van der Waals surface area contributed by atoms with E-state index >= 15 is 0 Å². The van der Waals surface area contributed by atoms with Crippen LogP contribution >= 0.6 is 23.2 Å². The van der Waals surface area contributed by atoms with Gasteiger partial charge in [-0.25, -0.2) is 10.0 Å². The minimum atomic E-state index is -0.833. The molecule has 0 atom stereocenters. The van der Waals surface area contributed by atoms with Gasteiger partial charge in [0.05, 0.1) is 6.04 Å². The molecule has 6 rings (SSSR count). The molecule has 6 heteroatoms. The maximum absolute atomic E-state index is 13.4. The van der Waals surface area contributed by atoms with Crippen LogP contribution in [0.5, 0.6) is 0 Å². The Morgan fingerprint density at radius 2 is 1.48 bits per heavy atom. The van der Waals surface area contributed by atoms with Crippen molar-refractivity contribution < 1.29 is 9.59 Å². The molecule has 2 amide bonds. The topological polar surface area (TPSA) is 40.6 Å². The number of halogens is 2. The first kappa shape index (κ1) is 17.8. The highest BCUT2D eigenvalue weighted by atomic mass is 35.5. The summed E-state index contributed by atoms with van der Waals surface area (Å²) in [7, 11) is 0. The van der Waals surface area contributed by atoms with Crippen LogP contribution in [0.25, 0.3) is 0 Å². The summed E-state index contributed by atoms with van der Waals surface area (Å²) in [4.78, 5) is 26.4. The Bertz CT molecular complexity index is 789. The molecule has 1 aromatic rings. The molecule has 1 aliphatic heterocycles. The van der Waals surface area contributed by atoms with E-state index < -0.39 is 5.54 Å². The maximum Gasteiger partial charge on any atom is 0.273 e. The van der Waals surface area contributed by atoms with Gasteiger partial charge in [-0.1, -0.05) is 23.2 Å². The molecule has 27 heavy (non-hydrogen) atoms. The number of benzene rings is 1. The van der Waals surface area contributed by atoms with Crippen molar-refractivity contribution in [1.29, 1.82) is 0 Å². The van der Waals surface area contributed by atoms with Gasteiger partial charge in [0.15, 0.2) is 0 Å². The lowest BCUT2D eigenvalue weighted by molar-refractivity contribution is -0.230. The molecule has 5 aliphatic rings. The van der Waals surface area contributed by atoms with Gasteiger partial charge in [0.25, 0.3) is 11.8 Å². The first-order valence-corrected chi connectivity index (χ1v) is 10.7. The van der Waals surface area contributed by atoms with Crippen LogP contribution in [0.3, 0.4) is 0 Å². The molecule has 0 radical (unpaired) electrons. The molecule has 4 saturated carbocycles. The molecule has 0 spiro atoms. The van der Waals surface area contributed by atoms with Crippen molar-refractivity contribution in [1.82, 2.24) is 10.0 Å². The number of carbonyl (C=O) groups is 2. The number of rotatable bonds is 2. The van der Waals surface area contributed by atoms with E-state index in [1.54, 1.807) is 28.2 Å². The van der Waals surface area contributed by atoms with Crippen molar-refractivity contribution in [3.63, 3.8) is 0 Å².